The second kappa shape index (κ2) is 5.63. The Balaban J connectivity index is 2.68. The second-order valence-electron chi connectivity index (χ2n) is 2.99. The molecule has 0 radical (unpaired) electrons. The third-order valence-corrected chi connectivity index (χ3v) is 2.07. The molecule has 0 bridgehead atoms. The molecule has 0 fully saturated rings. The van der Waals surface area contributed by atoms with Crippen molar-refractivity contribution in [3.63, 3.8) is 0 Å². The van der Waals surface area contributed by atoms with Gasteiger partial charge < -0.3 is 10.4 Å². The average Bonchev–Trinajstić information content (AvgIpc) is 2.25. The van der Waals surface area contributed by atoms with Gasteiger partial charge in [0.1, 0.15) is 10.8 Å². The number of hydrogen-bond donors (Lipinski definition) is 2. The number of aliphatic hydroxyl groups excluding tert-OH is 1. The van der Waals surface area contributed by atoms with Crippen LogP contribution in [0.2, 0.25) is 5.15 Å². The molecular weight excluding hydrogens is 218 g/mol. The maximum atomic E-state index is 11.5. The van der Waals surface area contributed by atoms with Crippen LogP contribution in [-0.2, 0) is 0 Å². The highest BCUT2D eigenvalue weighted by Crippen LogP contribution is 2.02. The van der Waals surface area contributed by atoms with Crippen LogP contribution in [0.4, 0.5) is 0 Å². The van der Waals surface area contributed by atoms with Crippen molar-refractivity contribution >= 4 is 17.5 Å². The van der Waals surface area contributed by atoms with Crippen LogP contribution in [0.1, 0.15) is 23.8 Å². The van der Waals surface area contributed by atoms with Crippen molar-refractivity contribution in [2.24, 2.45) is 0 Å². The number of amides is 1. The molecule has 0 spiro atoms. The Morgan fingerprint density at radius 1 is 1.67 bits per heavy atom. The van der Waals surface area contributed by atoms with Gasteiger partial charge in [-0.05, 0) is 6.42 Å². The van der Waals surface area contributed by atoms with Crippen LogP contribution in [0.3, 0.4) is 0 Å². The Morgan fingerprint density at radius 3 is 2.93 bits per heavy atom. The summed E-state index contributed by atoms with van der Waals surface area (Å²) in [5, 5.41) is 11.7. The van der Waals surface area contributed by atoms with Crippen LogP contribution in [-0.4, -0.2) is 33.6 Å². The number of rotatable bonds is 4. The van der Waals surface area contributed by atoms with Gasteiger partial charge in [0.25, 0.3) is 5.91 Å². The third kappa shape index (κ3) is 3.45. The molecule has 2 N–H and O–H groups in total. The maximum Gasteiger partial charge on any atom is 0.271 e. The lowest BCUT2D eigenvalue weighted by Crippen LogP contribution is -2.37. The van der Waals surface area contributed by atoms with Gasteiger partial charge in [-0.15, -0.1) is 0 Å². The third-order valence-electron chi connectivity index (χ3n) is 1.89. The van der Waals surface area contributed by atoms with Gasteiger partial charge in [-0.25, -0.2) is 4.98 Å². The predicted octanol–water partition coefficient (Wildman–Crippen LogP) is 0.631. The van der Waals surface area contributed by atoms with Gasteiger partial charge in [0.2, 0.25) is 0 Å². The number of halogens is 1. The molecular formula is C9H12ClN3O2. The summed E-state index contributed by atoms with van der Waals surface area (Å²) in [6.45, 7) is 1.76. The van der Waals surface area contributed by atoms with Crippen molar-refractivity contribution < 1.29 is 9.90 Å². The normalized spacial score (nSPS) is 12.2. The molecule has 0 aliphatic heterocycles. The van der Waals surface area contributed by atoms with Gasteiger partial charge in [-0.3, -0.25) is 9.78 Å². The standard InChI is InChI=1S/C9H12ClN3O2/c1-2-6(5-14)12-9(15)7-3-11-4-8(10)13-7/h3-4,6,14H,2,5H2,1H3,(H,12,15)/t6-/m1/s1. The topological polar surface area (TPSA) is 75.1 Å². The maximum absolute atomic E-state index is 11.5. The largest absolute Gasteiger partial charge is 0.394 e. The molecule has 1 atom stereocenters. The smallest absolute Gasteiger partial charge is 0.271 e. The first-order valence-electron chi connectivity index (χ1n) is 4.56. The van der Waals surface area contributed by atoms with Crippen molar-refractivity contribution in [2.75, 3.05) is 6.61 Å². The average molecular weight is 230 g/mol. The van der Waals surface area contributed by atoms with Crippen LogP contribution in [0.5, 0.6) is 0 Å². The number of nitrogens with one attached hydrogen (secondary N) is 1. The van der Waals surface area contributed by atoms with E-state index in [9.17, 15) is 4.79 Å². The molecule has 0 aliphatic carbocycles. The lowest BCUT2D eigenvalue weighted by atomic mass is 10.2. The molecule has 15 heavy (non-hydrogen) atoms. The highest BCUT2D eigenvalue weighted by Gasteiger charge is 2.12. The molecule has 0 saturated carbocycles. The van der Waals surface area contributed by atoms with Gasteiger partial charge in [0, 0.05) is 0 Å². The van der Waals surface area contributed by atoms with E-state index < -0.39 is 0 Å². The number of aliphatic hydroxyl groups is 1. The zero-order valence-electron chi connectivity index (χ0n) is 8.27. The fourth-order valence-electron chi connectivity index (χ4n) is 0.988. The Hall–Kier alpha value is -1.20. The molecule has 0 unspecified atom stereocenters. The number of carbonyl (C=O) groups excluding carboxylic acids is 1. The lowest BCUT2D eigenvalue weighted by Gasteiger charge is -2.13. The van der Waals surface area contributed by atoms with Crippen LogP contribution >= 0.6 is 11.6 Å². The zero-order valence-corrected chi connectivity index (χ0v) is 9.03. The molecule has 1 aromatic rings. The molecule has 5 nitrogen and oxygen atoms in total. The summed E-state index contributed by atoms with van der Waals surface area (Å²) < 4.78 is 0. The summed E-state index contributed by atoms with van der Waals surface area (Å²) in [5.41, 5.74) is 0.148. The minimum absolute atomic E-state index is 0.101. The number of nitrogens with zero attached hydrogens (tertiary/aromatic N) is 2. The Morgan fingerprint density at radius 2 is 2.40 bits per heavy atom. The van der Waals surface area contributed by atoms with E-state index in [1.54, 1.807) is 0 Å². The molecule has 0 aromatic carbocycles. The summed E-state index contributed by atoms with van der Waals surface area (Å²) in [6.07, 6.45) is 3.32. The minimum Gasteiger partial charge on any atom is -0.394 e. The summed E-state index contributed by atoms with van der Waals surface area (Å²) in [5.74, 6) is -0.383. The molecule has 1 heterocycles. The quantitative estimate of drug-likeness (QED) is 0.794. The first-order valence-corrected chi connectivity index (χ1v) is 4.94. The number of hydrogen-bond acceptors (Lipinski definition) is 4. The molecule has 82 valence electrons. The van der Waals surface area contributed by atoms with E-state index >= 15 is 0 Å². The molecule has 1 aromatic heterocycles. The Bertz CT molecular complexity index is 342. The first-order chi connectivity index (χ1) is 7.17. The minimum atomic E-state index is -0.383. The summed E-state index contributed by atoms with van der Waals surface area (Å²) in [4.78, 5) is 19.1. The summed E-state index contributed by atoms with van der Waals surface area (Å²) in [6, 6.07) is -0.265. The lowest BCUT2D eigenvalue weighted by molar-refractivity contribution is 0.0909. The van der Waals surface area contributed by atoms with Crippen LogP contribution in [0.15, 0.2) is 12.4 Å². The van der Waals surface area contributed by atoms with Crippen molar-refractivity contribution in [3.05, 3.63) is 23.2 Å². The van der Waals surface area contributed by atoms with E-state index in [0.717, 1.165) is 0 Å². The van der Waals surface area contributed by atoms with Crippen molar-refractivity contribution in [3.8, 4) is 0 Å². The highest BCUT2D eigenvalue weighted by molar-refractivity contribution is 6.29. The zero-order chi connectivity index (χ0) is 11.3. The van der Waals surface area contributed by atoms with Gasteiger partial charge >= 0.3 is 0 Å². The molecule has 0 aliphatic rings. The highest BCUT2D eigenvalue weighted by atomic mass is 35.5. The fraction of sp³-hybridized carbons (Fsp3) is 0.444. The van der Waals surface area contributed by atoms with Gasteiger partial charge in [-0.2, -0.15) is 0 Å². The fourth-order valence-corrected chi connectivity index (χ4v) is 1.14. The van der Waals surface area contributed by atoms with Crippen molar-refractivity contribution in [1.29, 1.82) is 0 Å². The van der Waals surface area contributed by atoms with E-state index in [1.807, 2.05) is 6.92 Å². The monoisotopic (exact) mass is 229 g/mol. The van der Waals surface area contributed by atoms with Crippen molar-refractivity contribution in [2.45, 2.75) is 19.4 Å². The van der Waals surface area contributed by atoms with Crippen LogP contribution in [0, 0.1) is 0 Å². The van der Waals surface area contributed by atoms with Gasteiger partial charge in [-0.1, -0.05) is 18.5 Å². The van der Waals surface area contributed by atoms with Crippen LogP contribution < -0.4 is 5.32 Å². The first kappa shape index (κ1) is 11.9. The Kier molecular flexibility index (Phi) is 4.45. The van der Waals surface area contributed by atoms with E-state index in [0.29, 0.717) is 6.42 Å². The molecule has 1 amide bonds. The van der Waals surface area contributed by atoms with Crippen LogP contribution in [0.25, 0.3) is 0 Å². The second-order valence-corrected chi connectivity index (χ2v) is 3.38. The summed E-state index contributed by atoms with van der Waals surface area (Å²) >= 11 is 5.59. The number of carbonyl (C=O) groups is 1. The molecule has 6 heteroatoms. The van der Waals surface area contributed by atoms with E-state index in [4.69, 9.17) is 16.7 Å². The predicted molar refractivity (Wildman–Crippen MR) is 55.7 cm³/mol. The van der Waals surface area contributed by atoms with E-state index in [-0.39, 0.29) is 29.4 Å². The Labute approximate surface area is 92.5 Å². The van der Waals surface area contributed by atoms with Crippen molar-refractivity contribution in [1.82, 2.24) is 15.3 Å². The van der Waals surface area contributed by atoms with Gasteiger partial charge in [0.05, 0.1) is 25.0 Å². The van der Waals surface area contributed by atoms with E-state index in [1.165, 1.54) is 12.4 Å². The number of aromatic nitrogens is 2. The molecule has 0 saturated heterocycles. The SMILES string of the molecule is CC[C@H](CO)NC(=O)c1cncc(Cl)n1. The van der Waals surface area contributed by atoms with Gasteiger partial charge in [0.15, 0.2) is 0 Å². The summed E-state index contributed by atoms with van der Waals surface area (Å²) in [7, 11) is 0. The van der Waals surface area contributed by atoms with E-state index in [2.05, 4.69) is 15.3 Å². The molecule has 1 rings (SSSR count).